The van der Waals surface area contributed by atoms with E-state index in [1.54, 1.807) is 7.11 Å². The normalized spacial score (nSPS) is 11.7. The number of hydrogen-bond donors (Lipinski definition) is 3. The number of carbonyl (C=O) groups excluding carboxylic acids is 1. The summed E-state index contributed by atoms with van der Waals surface area (Å²) >= 11 is 1.21. The van der Waals surface area contributed by atoms with Crippen LogP contribution in [0.2, 0.25) is 0 Å². The molecular weight excluding hydrogens is 502 g/mol. The predicted octanol–water partition coefficient (Wildman–Crippen LogP) is 4.64. The second kappa shape index (κ2) is 11.3. The molecule has 0 saturated heterocycles. The van der Waals surface area contributed by atoms with Gasteiger partial charge in [0.25, 0.3) is 5.22 Å². The van der Waals surface area contributed by atoms with E-state index < -0.39 is 0 Å². The highest BCUT2D eigenvalue weighted by molar-refractivity contribution is 7.99. The maximum atomic E-state index is 12.8. The fourth-order valence-electron chi connectivity index (χ4n) is 3.99. The first-order valence-electron chi connectivity index (χ1n) is 12.0. The molecule has 0 spiro atoms. The summed E-state index contributed by atoms with van der Waals surface area (Å²) in [7, 11) is 1.65. The molecule has 38 heavy (non-hydrogen) atoms. The van der Waals surface area contributed by atoms with Crippen molar-refractivity contribution >= 4 is 51.6 Å². The van der Waals surface area contributed by atoms with Crippen molar-refractivity contribution in [3.05, 3.63) is 71.7 Å². The number of nitrogens with one attached hydrogen (secondary N) is 3. The van der Waals surface area contributed by atoms with E-state index in [2.05, 4.69) is 35.6 Å². The number of rotatable bonds is 8. The number of aromatic nitrogens is 4. The Morgan fingerprint density at radius 3 is 2.71 bits per heavy atom. The second-order valence-electron chi connectivity index (χ2n) is 8.59. The standard InChI is InChI=1S/C27H27N7O3S/c1-16-12-17(2)31-26(30-16)34-25(28-11-10-18-14-29-21-9-8-19(36-3)13-20(18)21)33-24(35)15-38-27-32-22-6-4-5-7-23(22)37-27/h4-9,12-14,29H,10-11,15H2,1-3H3,(H2,28,30,31,33,34,35). The topological polar surface area (TPSA) is 130 Å². The molecule has 0 aliphatic carbocycles. The number of oxazole rings is 1. The van der Waals surface area contributed by atoms with E-state index in [0.29, 0.717) is 29.7 Å². The third-order valence-corrected chi connectivity index (χ3v) is 6.53. The van der Waals surface area contributed by atoms with Crippen molar-refractivity contribution in [1.82, 2.24) is 25.3 Å². The van der Waals surface area contributed by atoms with Gasteiger partial charge in [0.05, 0.1) is 12.9 Å². The maximum absolute atomic E-state index is 12.8. The van der Waals surface area contributed by atoms with Gasteiger partial charge in [-0.25, -0.2) is 15.0 Å². The van der Waals surface area contributed by atoms with Gasteiger partial charge in [0, 0.05) is 35.0 Å². The largest absolute Gasteiger partial charge is 0.497 e. The average molecular weight is 530 g/mol. The number of nitrogens with zero attached hydrogens (tertiary/aromatic N) is 4. The van der Waals surface area contributed by atoms with Crippen LogP contribution >= 0.6 is 11.8 Å². The molecule has 194 valence electrons. The molecular formula is C27H27N7O3S. The minimum atomic E-state index is -0.260. The quantitative estimate of drug-likeness (QED) is 0.151. The maximum Gasteiger partial charge on any atom is 0.257 e. The number of anilines is 1. The number of aromatic amines is 1. The molecule has 1 amide bonds. The Kier molecular flexibility index (Phi) is 7.55. The van der Waals surface area contributed by atoms with Crippen LogP contribution in [0.25, 0.3) is 22.0 Å². The number of aryl methyl sites for hydroxylation is 2. The van der Waals surface area contributed by atoms with Crippen molar-refractivity contribution in [1.29, 1.82) is 0 Å². The Labute approximate surface area is 223 Å². The summed E-state index contributed by atoms with van der Waals surface area (Å²) in [5, 5.41) is 7.42. The van der Waals surface area contributed by atoms with Crippen molar-refractivity contribution in [2.75, 3.05) is 24.7 Å². The van der Waals surface area contributed by atoms with Crippen LogP contribution in [-0.4, -0.2) is 51.2 Å². The number of fused-ring (bicyclic) bond motifs is 2. The fraction of sp³-hybridized carbons (Fsp3) is 0.222. The molecule has 0 radical (unpaired) electrons. The van der Waals surface area contributed by atoms with Gasteiger partial charge >= 0.3 is 0 Å². The molecule has 11 heteroatoms. The molecule has 5 aromatic rings. The van der Waals surface area contributed by atoms with Gasteiger partial charge in [0.1, 0.15) is 11.3 Å². The Balaban J connectivity index is 1.29. The molecule has 3 heterocycles. The van der Waals surface area contributed by atoms with Crippen LogP contribution in [0.5, 0.6) is 5.75 Å². The van der Waals surface area contributed by atoms with E-state index in [-0.39, 0.29) is 17.6 Å². The molecule has 0 bridgehead atoms. The molecule has 0 fully saturated rings. The first-order valence-corrected chi connectivity index (χ1v) is 13.0. The molecule has 0 saturated carbocycles. The zero-order chi connectivity index (χ0) is 26.5. The van der Waals surface area contributed by atoms with Crippen molar-refractivity contribution in [3.8, 4) is 5.75 Å². The minimum absolute atomic E-state index is 0.101. The molecule has 0 unspecified atom stereocenters. The minimum Gasteiger partial charge on any atom is -0.497 e. The number of ether oxygens (including phenoxy) is 1. The zero-order valence-corrected chi connectivity index (χ0v) is 22.1. The Hall–Kier alpha value is -4.38. The summed E-state index contributed by atoms with van der Waals surface area (Å²) in [5.41, 5.74) is 5.18. The lowest BCUT2D eigenvalue weighted by atomic mass is 10.1. The molecule has 0 aliphatic heterocycles. The van der Waals surface area contributed by atoms with E-state index in [1.807, 2.05) is 68.6 Å². The van der Waals surface area contributed by atoms with Crippen LogP contribution in [0, 0.1) is 13.8 Å². The van der Waals surface area contributed by atoms with Gasteiger partial charge in [-0.2, -0.15) is 0 Å². The lowest BCUT2D eigenvalue weighted by molar-refractivity contribution is -0.117. The first-order chi connectivity index (χ1) is 18.5. The van der Waals surface area contributed by atoms with Gasteiger partial charge < -0.3 is 14.1 Å². The molecule has 3 aromatic heterocycles. The van der Waals surface area contributed by atoms with Crippen LogP contribution in [0.3, 0.4) is 0 Å². The highest BCUT2D eigenvalue weighted by atomic mass is 32.2. The number of hydrogen-bond acceptors (Lipinski definition) is 8. The van der Waals surface area contributed by atoms with Gasteiger partial charge in [-0.15, -0.1) is 0 Å². The van der Waals surface area contributed by atoms with E-state index >= 15 is 0 Å². The number of carbonyl (C=O) groups is 1. The number of methoxy groups -OCH3 is 1. The summed E-state index contributed by atoms with van der Waals surface area (Å²) in [6.45, 7) is 4.20. The number of para-hydroxylation sites is 2. The zero-order valence-electron chi connectivity index (χ0n) is 21.2. The smallest absolute Gasteiger partial charge is 0.257 e. The third kappa shape index (κ3) is 6.12. The van der Waals surface area contributed by atoms with Gasteiger partial charge in [-0.3, -0.25) is 20.4 Å². The van der Waals surface area contributed by atoms with Crippen LogP contribution in [0.15, 0.2) is 69.4 Å². The highest BCUT2D eigenvalue weighted by Gasteiger charge is 2.13. The van der Waals surface area contributed by atoms with E-state index in [9.17, 15) is 4.79 Å². The van der Waals surface area contributed by atoms with Crippen LogP contribution in [-0.2, 0) is 11.2 Å². The highest BCUT2D eigenvalue weighted by Crippen LogP contribution is 2.24. The lowest BCUT2D eigenvalue weighted by Crippen LogP contribution is -2.38. The first kappa shape index (κ1) is 25.3. The number of H-pyrrole nitrogens is 1. The van der Waals surface area contributed by atoms with Crippen molar-refractivity contribution < 1.29 is 13.9 Å². The van der Waals surface area contributed by atoms with E-state index in [1.165, 1.54) is 11.8 Å². The number of benzene rings is 2. The Morgan fingerprint density at radius 1 is 1.11 bits per heavy atom. The second-order valence-corrected chi connectivity index (χ2v) is 9.52. The van der Waals surface area contributed by atoms with Crippen LogP contribution in [0.4, 0.5) is 5.95 Å². The molecule has 2 aromatic carbocycles. The van der Waals surface area contributed by atoms with Gasteiger partial charge in [0.2, 0.25) is 17.8 Å². The molecule has 10 nitrogen and oxygen atoms in total. The van der Waals surface area contributed by atoms with Gasteiger partial charge in [-0.1, -0.05) is 23.9 Å². The summed E-state index contributed by atoms with van der Waals surface area (Å²) in [4.78, 5) is 34.0. The van der Waals surface area contributed by atoms with Crippen LogP contribution < -0.4 is 15.4 Å². The van der Waals surface area contributed by atoms with E-state index in [0.717, 1.165) is 39.1 Å². The predicted molar refractivity (Wildman–Crippen MR) is 149 cm³/mol. The summed E-state index contributed by atoms with van der Waals surface area (Å²) in [6.07, 6.45) is 2.62. The molecule has 3 N–H and O–H groups in total. The number of thioether (sulfide) groups is 1. The lowest BCUT2D eigenvalue weighted by Gasteiger charge is -2.11. The number of guanidine groups is 1. The summed E-state index contributed by atoms with van der Waals surface area (Å²) in [5.74, 6) is 1.27. The van der Waals surface area contributed by atoms with Gasteiger partial charge in [-0.05, 0) is 62.2 Å². The monoisotopic (exact) mass is 529 g/mol. The van der Waals surface area contributed by atoms with Crippen molar-refractivity contribution in [3.63, 3.8) is 0 Å². The fourth-order valence-corrected chi connectivity index (χ4v) is 4.62. The van der Waals surface area contributed by atoms with Gasteiger partial charge in [0.15, 0.2) is 5.58 Å². The number of aliphatic imine (C=N–C) groups is 1. The average Bonchev–Trinajstić information content (AvgIpc) is 3.50. The third-order valence-electron chi connectivity index (χ3n) is 5.70. The molecule has 0 atom stereocenters. The summed E-state index contributed by atoms with van der Waals surface area (Å²) in [6, 6.07) is 15.3. The molecule has 0 aliphatic rings. The Morgan fingerprint density at radius 2 is 1.92 bits per heavy atom. The SMILES string of the molecule is COc1ccc2[nH]cc(CCN=C(NC(=O)CSc3nc4ccccc4o3)Nc3nc(C)cc(C)n3)c2c1. The van der Waals surface area contributed by atoms with Crippen molar-refractivity contribution in [2.45, 2.75) is 25.5 Å². The van der Waals surface area contributed by atoms with Crippen molar-refractivity contribution in [2.24, 2.45) is 4.99 Å². The molecule has 5 rings (SSSR count). The van der Waals surface area contributed by atoms with Crippen LogP contribution in [0.1, 0.15) is 17.0 Å². The Bertz CT molecular complexity index is 1570. The van der Waals surface area contributed by atoms with E-state index in [4.69, 9.17) is 9.15 Å². The number of amides is 1. The summed E-state index contributed by atoms with van der Waals surface area (Å²) < 4.78 is 11.1.